The summed E-state index contributed by atoms with van der Waals surface area (Å²) in [6.07, 6.45) is 6.24. The van der Waals surface area contributed by atoms with Crippen molar-refractivity contribution >= 4 is 35.1 Å². The largest absolute Gasteiger partial charge is 0.462 e. The lowest BCUT2D eigenvalue weighted by atomic mass is 9.44. The first-order chi connectivity index (χ1) is 26.6. The van der Waals surface area contributed by atoms with Crippen LogP contribution < -0.4 is 15.9 Å². The number of cyclic esters (lactones) is 1. The van der Waals surface area contributed by atoms with Gasteiger partial charge in [-0.05, 0) is 92.3 Å². The minimum atomic E-state index is -1.89. The second kappa shape index (κ2) is 12.6. The highest BCUT2D eigenvalue weighted by atomic mass is 31.2. The lowest BCUT2D eigenvalue weighted by Gasteiger charge is -2.56. The van der Waals surface area contributed by atoms with Gasteiger partial charge in [0, 0.05) is 17.4 Å². The van der Waals surface area contributed by atoms with Crippen LogP contribution in [0, 0.1) is 17.3 Å². The van der Waals surface area contributed by atoms with Crippen LogP contribution in [0.25, 0.3) is 0 Å². The molecule has 2 spiro atoms. The van der Waals surface area contributed by atoms with Crippen molar-refractivity contribution < 1.29 is 38.4 Å². The zero-order chi connectivity index (χ0) is 37.8. The molecule has 8 nitrogen and oxygen atoms in total. The summed E-state index contributed by atoms with van der Waals surface area (Å²) >= 11 is 0. The maximum Gasteiger partial charge on any atom is 0.334 e. The number of esters is 2. The van der Waals surface area contributed by atoms with E-state index in [9.17, 15) is 14.7 Å². The van der Waals surface area contributed by atoms with E-state index in [0.29, 0.717) is 19.4 Å². The van der Waals surface area contributed by atoms with Crippen molar-refractivity contribution in [2.24, 2.45) is 17.3 Å². The van der Waals surface area contributed by atoms with Gasteiger partial charge in [0.15, 0.2) is 11.2 Å². The number of unbranched alkanes of at least 4 members (excludes halogenated alkanes) is 3. The number of hydrogen-bond donors (Lipinski definition) is 1. The van der Waals surface area contributed by atoms with E-state index >= 15 is 0 Å². The highest BCUT2D eigenvalue weighted by Crippen LogP contribution is 2.85. The third-order valence-corrected chi connectivity index (χ3v) is 19.6. The Morgan fingerprint density at radius 1 is 0.836 bits per heavy atom. The molecule has 3 saturated heterocycles. The summed E-state index contributed by atoms with van der Waals surface area (Å²) < 4.78 is 31.7. The molecular formula is C46H52O8P+. The molecule has 9 heteroatoms. The van der Waals surface area contributed by atoms with Gasteiger partial charge < -0.3 is 28.8 Å². The van der Waals surface area contributed by atoms with Gasteiger partial charge in [-0.2, -0.15) is 0 Å². The van der Waals surface area contributed by atoms with E-state index in [1.165, 1.54) is 15.9 Å². The van der Waals surface area contributed by atoms with E-state index in [2.05, 4.69) is 112 Å². The van der Waals surface area contributed by atoms with Crippen molar-refractivity contribution in [1.29, 1.82) is 0 Å². The first-order valence-corrected chi connectivity index (χ1v) is 22.4. The monoisotopic (exact) mass is 763 g/mol. The molecular weight excluding hydrogens is 711 g/mol. The smallest absolute Gasteiger partial charge is 0.334 e. The Bertz CT molecular complexity index is 1940. The SMILES string of the molecule is CC(C)[C@]12O[C@H]1[C@@H]1O[C@]13[C@]1(O[C@H]1C[C@H]1C4=C(CC[C@@]13C)C(=O)OC4)[C@]2(O)COC(=O)CCCCCC[P+](c1ccccc1)(c1ccccc1)c1ccccc1. The Hall–Kier alpha value is -3.39. The fraction of sp³-hybridized carbons (Fsp3) is 0.522. The number of fused-ring (bicyclic) bond motifs is 4. The predicted octanol–water partition coefficient (Wildman–Crippen LogP) is 5.96. The molecule has 10 rings (SSSR count). The summed E-state index contributed by atoms with van der Waals surface area (Å²) in [6.45, 7) is 6.50. The van der Waals surface area contributed by atoms with E-state index in [1.807, 2.05) is 0 Å². The number of carbonyl (C=O) groups is 2. The molecule has 3 aromatic rings. The molecule has 55 heavy (non-hydrogen) atoms. The van der Waals surface area contributed by atoms with E-state index in [-0.39, 0.29) is 60.5 Å². The van der Waals surface area contributed by atoms with Crippen molar-refractivity contribution in [2.45, 2.75) is 113 Å². The maximum atomic E-state index is 13.5. The van der Waals surface area contributed by atoms with Crippen LogP contribution in [0.3, 0.4) is 0 Å². The van der Waals surface area contributed by atoms with E-state index < -0.39 is 29.7 Å². The third-order valence-electron chi connectivity index (χ3n) is 15.0. The predicted molar refractivity (Wildman–Crippen MR) is 210 cm³/mol. The van der Waals surface area contributed by atoms with Gasteiger partial charge in [-0.1, -0.05) is 81.8 Å². The van der Waals surface area contributed by atoms with Gasteiger partial charge in [-0.3, -0.25) is 4.79 Å². The van der Waals surface area contributed by atoms with Gasteiger partial charge in [0.2, 0.25) is 0 Å². The van der Waals surface area contributed by atoms with Crippen LogP contribution in [0.4, 0.5) is 0 Å². The van der Waals surface area contributed by atoms with Gasteiger partial charge in [0.1, 0.15) is 59.8 Å². The van der Waals surface area contributed by atoms with Crippen molar-refractivity contribution in [2.75, 3.05) is 19.4 Å². The number of aliphatic hydroxyl groups is 1. The highest BCUT2D eigenvalue weighted by Gasteiger charge is 3.04. The minimum absolute atomic E-state index is 0.0488. The number of rotatable bonds is 13. The lowest BCUT2D eigenvalue weighted by Crippen LogP contribution is -2.76. The Kier molecular flexibility index (Phi) is 8.21. The van der Waals surface area contributed by atoms with Crippen LogP contribution in [-0.2, 0) is 33.3 Å². The molecule has 0 amide bonds. The van der Waals surface area contributed by atoms with Crippen molar-refractivity contribution in [1.82, 2.24) is 0 Å². The van der Waals surface area contributed by atoms with Crippen LogP contribution in [0.5, 0.6) is 0 Å². The summed E-state index contributed by atoms with van der Waals surface area (Å²) in [5.41, 5.74) is -2.81. The second-order valence-corrected chi connectivity index (χ2v) is 21.2. The first kappa shape index (κ1) is 36.0. The zero-order valence-electron chi connectivity index (χ0n) is 32.1. The average molecular weight is 764 g/mol. The number of hydrogen-bond acceptors (Lipinski definition) is 8. The summed E-state index contributed by atoms with van der Waals surface area (Å²) in [4.78, 5) is 26.0. The van der Waals surface area contributed by atoms with Gasteiger partial charge in [-0.25, -0.2) is 4.79 Å². The van der Waals surface area contributed by atoms with Gasteiger partial charge >= 0.3 is 11.9 Å². The molecule has 1 N–H and O–H groups in total. The fourth-order valence-electron chi connectivity index (χ4n) is 12.4. The minimum Gasteiger partial charge on any atom is -0.462 e. The van der Waals surface area contributed by atoms with Gasteiger partial charge in [0.25, 0.3) is 0 Å². The number of epoxide rings is 3. The Labute approximate surface area is 324 Å². The molecule has 0 bridgehead atoms. The highest BCUT2D eigenvalue weighted by molar-refractivity contribution is 7.95. The molecule has 288 valence electrons. The fourth-order valence-corrected chi connectivity index (χ4v) is 16.8. The van der Waals surface area contributed by atoms with Gasteiger partial charge in [0.05, 0.1) is 12.3 Å². The van der Waals surface area contributed by atoms with Crippen LogP contribution in [-0.4, -0.2) is 77.1 Å². The molecule has 0 radical (unpaired) electrons. The number of carbonyl (C=O) groups excluding carboxylic acids is 2. The zero-order valence-corrected chi connectivity index (χ0v) is 33.0. The van der Waals surface area contributed by atoms with E-state index in [0.717, 1.165) is 49.4 Å². The normalized spacial score (nSPS) is 37.4. The summed E-state index contributed by atoms with van der Waals surface area (Å²) in [5, 5.41) is 17.2. The van der Waals surface area contributed by atoms with Crippen LogP contribution in [0.15, 0.2) is 102 Å². The Balaban J connectivity index is 0.818. The Morgan fingerprint density at radius 3 is 2.07 bits per heavy atom. The topological polar surface area (TPSA) is 110 Å². The molecule has 3 aromatic carbocycles. The summed E-state index contributed by atoms with van der Waals surface area (Å²) in [7, 11) is -1.89. The molecule has 0 unspecified atom stereocenters. The molecule has 4 heterocycles. The van der Waals surface area contributed by atoms with E-state index in [1.54, 1.807) is 0 Å². The average Bonchev–Trinajstić information content (AvgIpc) is 4.13. The Morgan fingerprint density at radius 2 is 1.45 bits per heavy atom. The number of ether oxygens (including phenoxy) is 5. The van der Waals surface area contributed by atoms with Crippen LogP contribution >= 0.6 is 7.26 Å². The molecule has 3 aliphatic carbocycles. The van der Waals surface area contributed by atoms with Gasteiger partial charge in [-0.15, -0.1) is 0 Å². The van der Waals surface area contributed by atoms with E-state index in [4.69, 9.17) is 23.7 Å². The number of benzene rings is 3. The summed E-state index contributed by atoms with van der Waals surface area (Å²) in [6, 6.07) is 32.9. The lowest BCUT2D eigenvalue weighted by molar-refractivity contribution is -0.197. The van der Waals surface area contributed by atoms with Crippen molar-refractivity contribution in [3.63, 3.8) is 0 Å². The van der Waals surface area contributed by atoms with Crippen molar-refractivity contribution in [3.8, 4) is 0 Å². The standard InChI is InChI=1S/C46H52O8P/c1-30(2)44-39(53-44)40-46(54-40)42(3)25-24-34-35(28-50-41(34)48)36(42)27-37-45(46,52-37)43(44,49)29-51-38(47)23-15-4-5-16-26-55(31-17-9-6-10-18-31,32-19-11-7-12-20-32)33-21-13-8-14-22-33/h6-14,17-22,30,36-37,39-40,49H,4-5,15-16,23-29H2,1-3H3/q+1/t36-,37-,39-,40-,42-,43-,44-,45+,46+/m0/s1. The van der Waals surface area contributed by atoms with Crippen LogP contribution in [0.2, 0.25) is 0 Å². The third kappa shape index (κ3) is 4.64. The van der Waals surface area contributed by atoms with Crippen LogP contribution in [0.1, 0.15) is 72.1 Å². The molecule has 5 fully saturated rings. The molecule has 9 atom stereocenters. The van der Waals surface area contributed by atoms with Crippen molar-refractivity contribution in [3.05, 3.63) is 102 Å². The molecule has 2 saturated carbocycles. The molecule has 7 aliphatic rings. The molecule has 0 aromatic heterocycles. The second-order valence-electron chi connectivity index (χ2n) is 17.6. The molecule has 4 aliphatic heterocycles. The first-order valence-electron chi connectivity index (χ1n) is 20.5. The quantitative estimate of drug-likeness (QED) is 0.0984. The summed E-state index contributed by atoms with van der Waals surface area (Å²) in [5.74, 6) is -0.494. The maximum absolute atomic E-state index is 13.5.